The molecule has 0 aliphatic rings. The van der Waals surface area contributed by atoms with Crippen molar-refractivity contribution in [1.29, 1.82) is 0 Å². The van der Waals surface area contributed by atoms with Gasteiger partial charge in [0.1, 0.15) is 11.3 Å². The van der Waals surface area contributed by atoms with Crippen LogP contribution >= 0.6 is 0 Å². The molecule has 0 saturated heterocycles. The predicted molar refractivity (Wildman–Crippen MR) is 91.4 cm³/mol. The highest BCUT2D eigenvalue weighted by Gasteiger charge is 2.11. The lowest BCUT2D eigenvalue weighted by atomic mass is 10.1. The van der Waals surface area contributed by atoms with Gasteiger partial charge in [0.05, 0.1) is 19.1 Å². The van der Waals surface area contributed by atoms with Crippen molar-refractivity contribution in [3.63, 3.8) is 0 Å². The summed E-state index contributed by atoms with van der Waals surface area (Å²) in [5.74, 6) is 0.816. The average molecular weight is 310 g/mol. The Kier molecular flexibility index (Phi) is 4.57. The number of hydrogen-bond donors (Lipinski definition) is 0. The first-order chi connectivity index (χ1) is 11.2. The summed E-state index contributed by atoms with van der Waals surface area (Å²) in [5, 5.41) is 1.14. The monoisotopic (exact) mass is 310 g/mol. The smallest absolute Gasteiger partial charge is 0.145 e. The van der Waals surface area contributed by atoms with Crippen molar-refractivity contribution < 1.29 is 4.74 Å². The van der Waals surface area contributed by atoms with Crippen molar-refractivity contribution in [2.45, 2.75) is 26.6 Å². The van der Waals surface area contributed by atoms with Crippen molar-refractivity contribution in [3.05, 3.63) is 54.2 Å². The summed E-state index contributed by atoms with van der Waals surface area (Å²) in [6.45, 7) is 4.79. The van der Waals surface area contributed by atoms with E-state index in [-0.39, 0.29) is 0 Å². The van der Waals surface area contributed by atoms with Crippen LogP contribution < -0.4 is 4.74 Å². The maximum Gasteiger partial charge on any atom is 0.145 e. The third-order valence-electron chi connectivity index (χ3n) is 4.05. The molecule has 0 aliphatic carbocycles. The van der Waals surface area contributed by atoms with E-state index in [1.54, 1.807) is 13.3 Å². The number of methoxy groups -OCH3 is 1. The summed E-state index contributed by atoms with van der Waals surface area (Å²) in [6.07, 6.45) is 5.63. The summed E-state index contributed by atoms with van der Waals surface area (Å²) >= 11 is 0. The second-order valence-corrected chi connectivity index (χ2v) is 5.67. The summed E-state index contributed by atoms with van der Waals surface area (Å²) in [7, 11) is 3.81. The molecule has 0 aliphatic heterocycles. The SMILES string of the molecule is CCn1cncc1CN(C)Cc1ccc(OC)c2ncccc12. The Hall–Kier alpha value is -2.40. The zero-order valence-corrected chi connectivity index (χ0v) is 13.9. The number of pyridine rings is 1. The van der Waals surface area contributed by atoms with Gasteiger partial charge in [-0.1, -0.05) is 12.1 Å². The minimum absolute atomic E-state index is 0.816. The Morgan fingerprint density at radius 2 is 2.09 bits per heavy atom. The molecule has 2 heterocycles. The Labute approximate surface area is 136 Å². The third-order valence-corrected chi connectivity index (χ3v) is 4.05. The van der Waals surface area contributed by atoms with Crippen LogP contribution in [-0.2, 0) is 19.6 Å². The van der Waals surface area contributed by atoms with E-state index in [2.05, 4.69) is 45.5 Å². The van der Waals surface area contributed by atoms with Crippen LogP contribution in [0.2, 0.25) is 0 Å². The standard InChI is InChI=1S/C18H22N4O/c1-4-22-13-19-10-15(22)12-21(2)11-14-7-8-17(23-3)18-16(14)6-5-9-20-18/h5-10,13H,4,11-12H2,1-3H3. The summed E-state index contributed by atoms with van der Waals surface area (Å²) in [6, 6.07) is 8.19. The van der Waals surface area contributed by atoms with Crippen LogP contribution in [0.25, 0.3) is 10.9 Å². The third kappa shape index (κ3) is 3.19. The van der Waals surface area contributed by atoms with E-state index >= 15 is 0 Å². The molecule has 0 amide bonds. The fraction of sp³-hybridized carbons (Fsp3) is 0.333. The molecule has 5 heteroatoms. The van der Waals surface area contributed by atoms with Crippen molar-refractivity contribution in [2.24, 2.45) is 0 Å². The molecule has 2 aromatic heterocycles. The lowest BCUT2D eigenvalue weighted by Crippen LogP contribution is -2.19. The second kappa shape index (κ2) is 6.79. The Morgan fingerprint density at radius 3 is 2.87 bits per heavy atom. The van der Waals surface area contributed by atoms with Gasteiger partial charge in [-0.15, -0.1) is 0 Å². The molecule has 0 radical (unpaired) electrons. The number of hydrogen-bond acceptors (Lipinski definition) is 4. The number of ether oxygens (including phenoxy) is 1. The number of nitrogens with zero attached hydrogens (tertiary/aromatic N) is 4. The number of benzene rings is 1. The molecule has 3 rings (SSSR count). The van der Waals surface area contributed by atoms with Crippen LogP contribution in [0, 0.1) is 0 Å². The summed E-state index contributed by atoms with van der Waals surface area (Å²) in [4.78, 5) is 11.0. The van der Waals surface area contributed by atoms with Crippen molar-refractivity contribution in [3.8, 4) is 5.75 Å². The molecular weight excluding hydrogens is 288 g/mol. The molecule has 0 unspecified atom stereocenters. The average Bonchev–Trinajstić information content (AvgIpc) is 3.02. The van der Waals surface area contributed by atoms with E-state index in [9.17, 15) is 0 Å². The maximum atomic E-state index is 5.42. The zero-order valence-electron chi connectivity index (χ0n) is 13.9. The second-order valence-electron chi connectivity index (χ2n) is 5.67. The quantitative estimate of drug-likeness (QED) is 0.702. The molecule has 0 bridgehead atoms. The number of aromatic nitrogens is 3. The number of aryl methyl sites for hydroxylation is 1. The molecule has 1 aromatic carbocycles. The Balaban J connectivity index is 1.84. The molecule has 0 N–H and O–H groups in total. The van der Waals surface area contributed by atoms with Gasteiger partial charge >= 0.3 is 0 Å². The highest BCUT2D eigenvalue weighted by molar-refractivity contribution is 5.87. The normalized spacial score (nSPS) is 11.3. The van der Waals surface area contributed by atoms with Crippen LogP contribution in [0.3, 0.4) is 0 Å². The lowest BCUT2D eigenvalue weighted by molar-refractivity contribution is 0.311. The van der Waals surface area contributed by atoms with Crippen LogP contribution in [0.5, 0.6) is 5.75 Å². The fourth-order valence-corrected chi connectivity index (χ4v) is 2.90. The molecule has 5 nitrogen and oxygen atoms in total. The van der Waals surface area contributed by atoms with Crippen molar-refractivity contribution >= 4 is 10.9 Å². The van der Waals surface area contributed by atoms with Gasteiger partial charge in [-0.3, -0.25) is 9.88 Å². The topological polar surface area (TPSA) is 43.2 Å². The van der Waals surface area contributed by atoms with Crippen LogP contribution in [-0.4, -0.2) is 33.6 Å². The van der Waals surface area contributed by atoms with E-state index in [1.807, 2.05) is 24.7 Å². The largest absolute Gasteiger partial charge is 0.494 e. The first-order valence-corrected chi connectivity index (χ1v) is 7.81. The van der Waals surface area contributed by atoms with Gasteiger partial charge in [0.15, 0.2) is 0 Å². The predicted octanol–water partition coefficient (Wildman–Crippen LogP) is 3.09. The first-order valence-electron chi connectivity index (χ1n) is 7.81. The van der Waals surface area contributed by atoms with E-state index in [1.165, 1.54) is 11.3 Å². The van der Waals surface area contributed by atoms with Crippen LogP contribution in [0.4, 0.5) is 0 Å². The number of fused-ring (bicyclic) bond motifs is 1. The van der Waals surface area contributed by atoms with Crippen molar-refractivity contribution in [2.75, 3.05) is 14.2 Å². The first kappa shape index (κ1) is 15.5. The van der Waals surface area contributed by atoms with Crippen molar-refractivity contribution in [1.82, 2.24) is 19.4 Å². The zero-order chi connectivity index (χ0) is 16.2. The van der Waals surface area contributed by atoms with Gasteiger partial charge in [-0.25, -0.2) is 4.98 Å². The molecular formula is C18H22N4O. The van der Waals surface area contributed by atoms with E-state index in [0.717, 1.165) is 36.3 Å². The van der Waals surface area contributed by atoms with Gasteiger partial charge < -0.3 is 9.30 Å². The Morgan fingerprint density at radius 1 is 1.22 bits per heavy atom. The van der Waals surface area contributed by atoms with Gasteiger partial charge in [0.2, 0.25) is 0 Å². The molecule has 0 saturated carbocycles. The molecule has 3 aromatic rings. The van der Waals surface area contributed by atoms with Gasteiger partial charge in [-0.2, -0.15) is 0 Å². The Bertz CT molecular complexity index is 797. The minimum atomic E-state index is 0.816. The van der Waals surface area contributed by atoms with Gasteiger partial charge in [0, 0.05) is 37.4 Å². The fourth-order valence-electron chi connectivity index (χ4n) is 2.90. The maximum absolute atomic E-state index is 5.42. The van der Waals surface area contributed by atoms with Crippen LogP contribution in [0.1, 0.15) is 18.2 Å². The van der Waals surface area contributed by atoms with E-state index in [4.69, 9.17) is 4.74 Å². The van der Waals surface area contributed by atoms with E-state index in [0.29, 0.717) is 0 Å². The molecule has 0 atom stereocenters. The highest BCUT2D eigenvalue weighted by atomic mass is 16.5. The van der Waals surface area contributed by atoms with E-state index < -0.39 is 0 Å². The minimum Gasteiger partial charge on any atom is -0.494 e. The van der Waals surface area contributed by atoms with Gasteiger partial charge in [-0.05, 0) is 31.7 Å². The van der Waals surface area contributed by atoms with Gasteiger partial charge in [0.25, 0.3) is 0 Å². The molecule has 0 spiro atoms. The molecule has 120 valence electrons. The molecule has 0 fully saturated rings. The lowest BCUT2D eigenvalue weighted by Gasteiger charge is -2.19. The molecule has 23 heavy (non-hydrogen) atoms. The highest BCUT2D eigenvalue weighted by Crippen LogP contribution is 2.27. The number of imidazole rings is 1. The number of rotatable bonds is 6. The summed E-state index contributed by atoms with van der Waals surface area (Å²) in [5.41, 5.74) is 3.39. The summed E-state index contributed by atoms with van der Waals surface area (Å²) < 4.78 is 7.59. The van der Waals surface area contributed by atoms with Crippen LogP contribution in [0.15, 0.2) is 43.0 Å².